The second kappa shape index (κ2) is 6.17. The molecule has 4 atom stereocenters. The zero-order valence-electron chi connectivity index (χ0n) is 11.7. The first-order valence-corrected chi connectivity index (χ1v) is 8.42. The Balaban J connectivity index is 1.93. The fourth-order valence-corrected chi connectivity index (χ4v) is 2.97. The molecule has 0 saturated carbocycles. The van der Waals surface area contributed by atoms with E-state index in [1.54, 1.807) is 0 Å². The van der Waals surface area contributed by atoms with Gasteiger partial charge < -0.3 is 29.7 Å². The minimum atomic E-state index is -4.78. The molecule has 3 rings (SSSR count). The van der Waals surface area contributed by atoms with Crippen LogP contribution < -0.4 is 5.56 Å². The van der Waals surface area contributed by atoms with E-state index in [2.05, 4.69) is 19.5 Å². The number of phosphoric acid groups is 1. The molecule has 0 amide bonds. The van der Waals surface area contributed by atoms with Crippen LogP contribution in [0.15, 0.2) is 11.1 Å². The zero-order chi connectivity index (χ0) is 17.6. The summed E-state index contributed by atoms with van der Waals surface area (Å²) >= 11 is 5.96. The topological polar surface area (TPSA) is 180 Å². The summed E-state index contributed by atoms with van der Waals surface area (Å²) in [6.45, 7) is -0.669. The Hall–Kier alpha value is -1.37. The predicted octanol–water partition coefficient (Wildman–Crippen LogP) is -1.50. The van der Waals surface area contributed by atoms with Gasteiger partial charge in [-0.15, -0.1) is 0 Å². The third-order valence-electron chi connectivity index (χ3n) is 3.44. The lowest BCUT2D eigenvalue weighted by Crippen LogP contribution is -2.33. The van der Waals surface area contributed by atoms with Crippen LogP contribution in [0.1, 0.15) is 6.23 Å². The number of aromatic nitrogens is 4. The van der Waals surface area contributed by atoms with E-state index in [1.807, 2.05) is 0 Å². The van der Waals surface area contributed by atoms with Crippen LogP contribution >= 0.6 is 19.4 Å². The Labute approximate surface area is 137 Å². The van der Waals surface area contributed by atoms with Crippen LogP contribution in [0.2, 0.25) is 5.28 Å². The molecule has 1 fully saturated rings. The molecule has 12 nitrogen and oxygen atoms in total. The Bertz CT molecular complexity index is 864. The highest BCUT2D eigenvalue weighted by molar-refractivity contribution is 7.46. The van der Waals surface area contributed by atoms with Gasteiger partial charge in [0.05, 0.1) is 12.9 Å². The van der Waals surface area contributed by atoms with Gasteiger partial charge in [0.15, 0.2) is 17.4 Å². The molecule has 2 unspecified atom stereocenters. The normalized spacial score (nSPS) is 27.9. The Morgan fingerprint density at radius 2 is 2.12 bits per heavy atom. The third-order valence-corrected chi connectivity index (χ3v) is 4.19. The summed E-state index contributed by atoms with van der Waals surface area (Å²) in [5, 5.41) is 19.9. The number of hydrogen-bond donors (Lipinski definition) is 5. The van der Waals surface area contributed by atoms with E-state index in [0.717, 1.165) is 10.9 Å². The Morgan fingerprint density at radius 1 is 1.42 bits per heavy atom. The number of aliphatic hydroxyl groups is 2. The first-order chi connectivity index (χ1) is 11.2. The number of phosphoric ester groups is 1. The van der Waals surface area contributed by atoms with Crippen molar-refractivity contribution < 1.29 is 33.8 Å². The van der Waals surface area contributed by atoms with Crippen LogP contribution in [0.25, 0.3) is 11.2 Å². The lowest BCUT2D eigenvalue weighted by molar-refractivity contribution is -0.0502. The molecular formula is C10H12ClN4O8P. The summed E-state index contributed by atoms with van der Waals surface area (Å²) in [6, 6.07) is 0. The maximum atomic E-state index is 11.7. The van der Waals surface area contributed by atoms with Crippen molar-refractivity contribution in [2.24, 2.45) is 0 Å². The summed E-state index contributed by atoms with van der Waals surface area (Å²) in [6.07, 6.45) is -4.46. The molecule has 0 bridgehead atoms. The highest BCUT2D eigenvalue weighted by Gasteiger charge is 2.46. The first-order valence-electron chi connectivity index (χ1n) is 6.52. The Morgan fingerprint density at radius 3 is 2.79 bits per heavy atom. The fraction of sp³-hybridized carbons (Fsp3) is 0.500. The number of ether oxygens (including phenoxy) is 1. The minimum Gasteiger partial charge on any atom is -0.387 e. The molecule has 1 aliphatic heterocycles. The molecule has 2 aromatic heterocycles. The fourth-order valence-electron chi connectivity index (χ4n) is 2.37. The highest BCUT2D eigenvalue weighted by Crippen LogP contribution is 2.39. The number of aromatic amines is 1. The number of aliphatic hydroxyl groups excluding tert-OH is 2. The van der Waals surface area contributed by atoms with E-state index in [1.165, 1.54) is 0 Å². The van der Waals surface area contributed by atoms with Crippen LogP contribution in [0, 0.1) is 0 Å². The Kier molecular flexibility index (Phi) is 4.49. The number of halogens is 1. The average Bonchev–Trinajstić information content (AvgIpc) is 2.96. The standard InChI is InChI=1S/C10H12ClN4O8P/c11-10-14-4-7(12-2-13-8(4)18)15(10)9-6(17)5(16)3(23-9)1-22-24(19,20)21/h2-3,5-6,9,16-17H,1H2,(H,12,13,18)(H2,19,20,21)/t3-,5?,6?,9-/m1/s1. The van der Waals surface area contributed by atoms with Crippen molar-refractivity contribution in [1.29, 1.82) is 0 Å². The smallest absolute Gasteiger partial charge is 0.387 e. The van der Waals surface area contributed by atoms with Crippen molar-refractivity contribution in [2.75, 3.05) is 6.61 Å². The van der Waals surface area contributed by atoms with Gasteiger partial charge in [-0.1, -0.05) is 0 Å². The SMILES string of the molecule is O=c1[nH]cnc2c1nc(Cl)n2[C@@H]1O[C@H](COP(=O)(O)O)C(O)C1O. The van der Waals surface area contributed by atoms with Gasteiger partial charge in [0, 0.05) is 0 Å². The molecule has 0 aromatic carbocycles. The summed E-state index contributed by atoms with van der Waals surface area (Å²) in [5.74, 6) is 0. The molecule has 1 aliphatic rings. The van der Waals surface area contributed by atoms with Crippen LogP contribution in [0.3, 0.4) is 0 Å². The molecule has 14 heteroatoms. The molecular weight excluding hydrogens is 371 g/mol. The van der Waals surface area contributed by atoms with Gasteiger partial charge in [0.1, 0.15) is 18.3 Å². The lowest BCUT2D eigenvalue weighted by Gasteiger charge is -2.17. The van der Waals surface area contributed by atoms with E-state index in [0.29, 0.717) is 0 Å². The second-order valence-corrected chi connectivity index (χ2v) is 6.56. The van der Waals surface area contributed by atoms with Gasteiger partial charge in [-0.3, -0.25) is 13.9 Å². The number of hydrogen-bond acceptors (Lipinski definition) is 8. The number of imidazole rings is 1. The maximum absolute atomic E-state index is 11.7. The van der Waals surface area contributed by atoms with Crippen molar-refractivity contribution in [1.82, 2.24) is 19.5 Å². The molecule has 0 aliphatic carbocycles. The second-order valence-electron chi connectivity index (χ2n) is 4.99. The lowest BCUT2D eigenvalue weighted by atomic mass is 10.1. The molecule has 132 valence electrons. The number of rotatable bonds is 4. The highest BCUT2D eigenvalue weighted by atomic mass is 35.5. The van der Waals surface area contributed by atoms with Gasteiger partial charge >= 0.3 is 7.82 Å². The van der Waals surface area contributed by atoms with E-state index in [4.69, 9.17) is 26.1 Å². The van der Waals surface area contributed by atoms with Gasteiger partial charge in [-0.05, 0) is 11.6 Å². The quantitative estimate of drug-likeness (QED) is 0.308. The van der Waals surface area contributed by atoms with E-state index < -0.39 is 44.5 Å². The van der Waals surface area contributed by atoms with Crippen molar-refractivity contribution in [3.8, 4) is 0 Å². The van der Waals surface area contributed by atoms with Gasteiger partial charge in [0.25, 0.3) is 5.56 Å². The number of fused-ring (bicyclic) bond motifs is 1. The van der Waals surface area contributed by atoms with Crippen LogP contribution in [0.4, 0.5) is 0 Å². The third kappa shape index (κ3) is 3.10. The van der Waals surface area contributed by atoms with Gasteiger partial charge in [0.2, 0.25) is 5.28 Å². The van der Waals surface area contributed by atoms with Crippen LogP contribution in [-0.4, -0.2) is 64.4 Å². The van der Waals surface area contributed by atoms with Crippen molar-refractivity contribution in [3.63, 3.8) is 0 Å². The number of nitrogens with zero attached hydrogens (tertiary/aromatic N) is 3. The van der Waals surface area contributed by atoms with Gasteiger partial charge in [-0.25, -0.2) is 14.5 Å². The number of H-pyrrole nitrogens is 1. The average molecular weight is 383 g/mol. The number of nitrogens with one attached hydrogen (secondary N) is 1. The molecule has 1 saturated heterocycles. The summed E-state index contributed by atoms with van der Waals surface area (Å²) in [5.41, 5.74) is -0.644. The summed E-state index contributed by atoms with van der Waals surface area (Å²) in [7, 11) is -4.78. The van der Waals surface area contributed by atoms with E-state index >= 15 is 0 Å². The molecule has 3 heterocycles. The van der Waals surface area contributed by atoms with E-state index in [-0.39, 0.29) is 16.4 Å². The largest absolute Gasteiger partial charge is 0.469 e. The van der Waals surface area contributed by atoms with Crippen molar-refractivity contribution >= 4 is 30.6 Å². The van der Waals surface area contributed by atoms with Crippen molar-refractivity contribution in [3.05, 3.63) is 22.0 Å². The zero-order valence-corrected chi connectivity index (χ0v) is 13.3. The summed E-state index contributed by atoms with van der Waals surface area (Å²) < 4.78 is 21.5. The molecule has 0 spiro atoms. The first kappa shape index (κ1) is 17.5. The monoisotopic (exact) mass is 382 g/mol. The van der Waals surface area contributed by atoms with Gasteiger partial charge in [-0.2, -0.15) is 0 Å². The minimum absolute atomic E-state index is 0.0107. The molecule has 5 N–H and O–H groups in total. The van der Waals surface area contributed by atoms with Crippen molar-refractivity contribution in [2.45, 2.75) is 24.5 Å². The molecule has 2 aromatic rings. The molecule has 0 radical (unpaired) electrons. The summed E-state index contributed by atoms with van der Waals surface area (Å²) in [4.78, 5) is 39.1. The maximum Gasteiger partial charge on any atom is 0.469 e. The van der Waals surface area contributed by atoms with Crippen LogP contribution in [0.5, 0.6) is 0 Å². The van der Waals surface area contributed by atoms with E-state index in [9.17, 15) is 19.6 Å². The predicted molar refractivity (Wildman–Crippen MR) is 77.1 cm³/mol. The van der Waals surface area contributed by atoms with Crippen LogP contribution in [-0.2, 0) is 13.8 Å². The molecule has 24 heavy (non-hydrogen) atoms.